The molecule has 2 aliphatic rings. The number of carbonyl (C=O) groups is 1. The molecule has 1 N–H and O–H groups in total. The second-order valence-electron chi connectivity index (χ2n) is 6.19. The first-order valence-corrected chi connectivity index (χ1v) is 8.12. The maximum absolute atomic E-state index is 12.5. The lowest BCUT2D eigenvalue weighted by molar-refractivity contribution is 0.0732. The number of nitrogens with one attached hydrogen (secondary N) is 1. The van der Waals surface area contributed by atoms with E-state index in [1.54, 1.807) is 0 Å². The molecule has 2 saturated heterocycles. The quantitative estimate of drug-likeness (QED) is 0.907. The molecule has 120 valence electrons. The molecule has 3 rings (SSSR count). The van der Waals surface area contributed by atoms with E-state index in [2.05, 4.69) is 41.5 Å². The summed E-state index contributed by atoms with van der Waals surface area (Å²) >= 11 is 0. The number of hydrogen-bond acceptors (Lipinski definition) is 3. The number of benzene rings is 1. The van der Waals surface area contributed by atoms with Crippen LogP contribution in [0, 0.1) is 0 Å². The van der Waals surface area contributed by atoms with Gasteiger partial charge in [0, 0.05) is 38.9 Å². The van der Waals surface area contributed by atoms with E-state index in [4.69, 9.17) is 4.74 Å². The fourth-order valence-electron chi connectivity index (χ4n) is 3.20. The third-order valence-corrected chi connectivity index (χ3v) is 4.67. The SMILES string of the molecule is CN1CCN(C(=O)NC2CCOCC2)CC1c1ccccc1. The highest BCUT2D eigenvalue weighted by Crippen LogP contribution is 2.23. The molecule has 1 aromatic carbocycles. The van der Waals surface area contributed by atoms with E-state index in [1.807, 2.05) is 11.0 Å². The predicted octanol–water partition coefficient (Wildman–Crippen LogP) is 1.86. The maximum Gasteiger partial charge on any atom is 0.317 e. The Morgan fingerprint density at radius 3 is 2.64 bits per heavy atom. The summed E-state index contributed by atoms with van der Waals surface area (Å²) in [4.78, 5) is 16.8. The zero-order chi connectivity index (χ0) is 15.4. The molecule has 5 nitrogen and oxygen atoms in total. The molecule has 0 aliphatic carbocycles. The van der Waals surface area contributed by atoms with Gasteiger partial charge in [-0.25, -0.2) is 4.79 Å². The molecule has 1 atom stereocenters. The van der Waals surface area contributed by atoms with Crippen LogP contribution in [0.2, 0.25) is 0 Å². The summed E-state index contributed by atoms with van der Waals surface area (Å²) in [5.74, 6) is 0. The van der Waals surface area contributed by atoms with E-state index in [9.17, 15) is 4.79 Å². The predicted molar refractivity (Wildman–Crippen MR) is 85.8 cm³/mol. The molecule has 2 fully saturated rings. The van der Waals surface area contributed by atoms with Gasteiger partial charge in [-0.1, -0.05) is 30.3 Å². The Hall–Kier alpha value is -1.59. The number of rotatable bonds is 2. The Morgan fingerprint density at radius 2 is 1.91 bits per heavy atom. The van der Waals surface area contributed by atoms with Gasteiger partial charge in [0.25, 0.3) is 0 Å². The van der Waals surface area contributed by atoms with Crippen LogP contribution in [0.25, 0.3) is 0 Å². The van der Waals surface area contributed by atoms with E-state index in [1.165, 1.54) is 5.56 Å². The number of hydrogen-bond donors (Lipinski definition) is 1. The smallest absolute Gasteiger partial charge is 0.317 e. The molecule has 0 bridgehead atoms. The largest absolute Gasteiger partial charge is 0.381 e. The van der Waals surface area contributed by atoms with Crippen LogP contribution >= 0.6 is 0 Å². The average molecular weight is 303 g/mol. The lowest BCUT2D eigenvalue weighted by Gasteiger charge is -2.40. The van der Waals surface area contributed by atoms with Gasteiger partial charge in [-0.15, -0.1) is 0 Å². The van der Waals surface area contributed by atoms with Crippen molar-refractivity contribution in [2.24, 2.45) is 0 Å². The minimum atomic E-state index is 0.0703. The lowest BCUT2D eigenvalue weighted by Crippen LogP contribution is -2.54. The normalized spacial score (nSPS) is 24.2. The summed E-state index contributed by atoms with van der Waals surface area (Å²) in [6.07, 6.45) is 1.84. The van der Waals surface area contributed by atoms with Crippen molar-refractivity contribution in [1.82, 2.24) is 15.1 Å². The number of likely N-dealkylation sites (N-methyl/N-ethyl adjacent to an activating group) is 1. The maximum atomic E-state index is 12.5. The lowest BCUT2D eigenvalue weighted by atomic mass is 10.0. The van der Waals surface area contributed by atoms with Crippen molar-refractivity contribution in [3.8, 4) is 0 Å². The number of ether oxygens (including phenoxy) is 1. The molecule has 2 amide bonds. The van der Waals surface area contributed by atoms with Gasteiger partial charge >= 0.3 is 6.03 Å². The summed E-state index contributed by atoms with van der Waals surface area (Å²) < 4.78 is 5.34. The number of carbonyl (C=O) groups excluding carboxylic acids is 1. The molecule has 1 aromatic rings. The first kappa shape index (κ1) is 15.3. The summed E-state index contributed by atoms with van der Waals surface area (Å²) in [5.41, 5.74) is 1.27. The highest BCUT2D eigenvalue weighted by Gasteiger charge is 2.29. The van der Waals surface area contributed by atoms with Gasteiger partial charge in [0.05, 0.1) is 6.04 Å². The summed E-state index contributed by atoms with van der Waals surface area (Å²) in [6, 6.07) is 11.0. The molecule has 0 spiro atoms. The van der Waals surface area contributed by atoms with E-state index in [0.717, 1.165) is 45.7 Å². The van der Waals surface area contributed by atoms with E-state index in [-0.39, 0.29) is 18.1 Å². The van der Waals surface area contributed by atoms with Crippen LogP contribution in [0.5, 0.6) is 0 Å². The molecule has 22 heavy (non-hydrogen) atoms. The molecule has 2 aliphatic heterocycles. The van der Waals surface area contributed by atoms with E-state index < -0.39 is 0 Å². The molecule has 0 saturated carbocycles. The van der Waals surface area contributed by atoms with E-state index in [0.29, 0.717) is 0 Å². The summed E-state index contributed by atoms with van der Waals surface area (Å²) in [6.45, 7) is 3.94. The third kappa shape index (κ3) is 3.59. The summed E-state index contributed by atoms with van der Waals surface area (Å²) in [7, 11) is 2.13. The van der Waals surface area contributed by atoms with Crippen molar-refractivity contribution in [1.29, 1.82) is 0 Å². The Labute approximate surface area is 132 Å². The average Bonchev–Trinajstić information content (AvgIpc) is 2.57. The Balaban J connectivity index is 1.61. The van der Waals surface area contributed by atoms with Crippen LogP contribution in [-0.2, 0) is 4.74 Å². The van der Waals surface area contributed by atoms with Crippen molar-refractivity contribution in [3.05, 3.63) is 35.9 Å². The minimum Gasteiger partial charge on any atom is -0.381 e. The van der Waals surface area contributed by atoms with Crippen molar-refractivity contribution >= 4 is 6.03 Å². The van der Waals surface area contributed by atoms with Crippen molar-refractivity contribution < 1.29 is 9.53 Å². The van der Waals surface area contributed by atoms with Crippen LogP contribution in [0.4, 0.5) is 4.79 Å². The molecule has 0 aromatic heterocycles. The molecule has 0 radical (unpaired) electrons. The van der Waals surface area contributed by atoms with Crippen molar-refractivity contribution in [3.63, 3.8) is 0 Å². The number of piperazine rings is 1. The highest BCUT2D eigenvalue weighted by atomic mass is 16.5. The zero-order valence-corrected chi connectivity index (χ0v) is 13.2. The molecular weight excluding hydrogens is 278 g/mol. The summed E-state index contributed by atoms with van der Waals surface area (Å²) in [5, 5.41) is 3.16. The van der Waals surface area contributed by atoms with Gasteiger partial charge in [-0.3, -0.25) is 4.90 Å². The Morgan fingerprint density at radius 1 is 1.18 bits per heavy atom. The third-order valence-electron chi connectivity index (χ3n) is 4.67. The first-order chi connectivity index (χ1) is 10.7. The fraction of sp³-hybridized carbons (Fsp3) is 0.588. The van der Waals surface area contributed by atoms with Crippen LogP contribution < -0.4 is 5.32 Å². The second-order valence-corrected chi connectivity index (χ2v) is 6.19. The van der Waals surface area contributed by atoms with Gasteiger partial charge in [0.15, 0.2) is 0 Å². The minimum absolute atomic E-state index is 0.0703. The molecule has 2 heterocycles. The molecule has 1 unspecified atom stereocenters. The van der Waals surface area contributed by atoms with Gasteiger partial charge < -0.3 is 15.0 Å². The van der Waals surface area contributed by atoms with Crippen LogP contribution in [0.1, 0.15) is 24.4 Å². The number of nitrogens with zero attached hydrogens (tertiary/aromatic N) is 2. The van der Waals surface area contributed by atoms with Crippen LogP contribution in [-0.4, -0.2) is 61.8 Å². The second kappa shape index (κ2) is 7.11. The Kier molecular flexibility index (Phi) is 4.95. The fourth-order valence-corrected chi connectivity index (χ4v) is 3.20. The Bertz CT molecular complexity index is 488. The monoisotopic (exact) mass is 303 g/mol. The number of amides is 2. The highest BCUT2D eigenvalue weighted by molar-refractivity contribution is 5.74. The van der Waals surface area contributed by atoms with Crippen LogP contribution in [0.15, 0.2) is 30.3 Å². The van der Waals surface area contributed by atoms with Crippen molar-refractivity contribution in [2.75, 3.05) is 39.9 Å². The zero-order valence-electron chi connectivity index (χ0n) is 13.2. The van der Waals surface area contributed by atoms with Gasteiger partial charge in [0.2, 0.25) is 0 Å². The molecular formula is C17H25N3O2. The van der Waals surface area contributed by atoms with E-state index >= 15 is 0 Å². The first-order valence-electron chi connectivity index (χ1n) is 8.12. The van der Waals surface area contributed by atoms with Gasteiger partial charge in [0.1, 0.15) is 0 Å². The number of urea groups is 1. The van der Waals surface area contributed by atoms with Crippen LogP contribution in [0.3, 0.4) is 0 Å². The van der Waals surface area contributed by atoms with Gasteiger partial charge in [-0.05, 0) is 25.5 Å². The van der Waals surface area contributed by atoms with Crippen molar-refractivity contribution in [2.45, 2.75) is 24.9 Å². The standard InChI is InChI=1S/C17H25N3O2/c1-19-9-10-20(13-16(19)14-5-3-2-4-6-14)17(21)18-15-7-11-22-12-8-15/h2-6,15-16H,7-13H2,1H3,(H,18,21). The molecule has 5 heteroatoms. The van der Waals surface area contributed by atoms with Gasteiger partial charge in [-0.2, -0.15) is 0 Å². The topological polar surface area (TPSA) is 44.8 Å².